The number of aromatic nitrogens is 2. The van der Waals surface area contributed by atoms with Crippen LogP contribution in [0.4, 0.5) is 9.93 Å². The van der Waals surface area contributed by atoms with Crippen molar-refractivity contribution in [3.8, 4) is 22.9 Å². The Hall–Kier alpha value is -5.79. The molecule has 17 nitrogen and oxygen atoms in total. The highest BCUT2D eigenvalue weighted by Gasteiger charge is 2.61. The molecule has 1 saturated carbocycles. The molecule has 6 atom stereocenters. The first kappa shape index (κ1) is 49.1. The van der Waals surface area contributed by atoms with Crippen LogP contribution in [0.15, 0.2) is 71.5 Å². The van der Waals surface area contributed by atoms with Gasteiger partial charge < -0.3 is 40.7 Å². The Kier molecular flexibility index (Phi) is 13.7. The van der Waals surface area contributed by atoms with Crippen molar-refractivity contribution in [2.45, 2.75) is 115 Å². The number of ether oxygens (including phenoxy) is 2. The Morgan fingerprint density at radius 2 is 1.75 bits per heavy atom. The molecule has 19 heteroatoms. The normalized spacial score (nSPS) is 22.3. The van der Waals surface area contributed by atoms with Gasteiger partial charge in [-0.2, -0.15) is 4.31 Å². The Balaban J connectivity index is 1.18. The SMILES string of the molecule is C=CC1C[C@]1(NC(=O)[C@@H]1C[C@@H](Oc2cc(-c3csc(NC(C)C)n3)nc3cc(OC)ccc23)CN1C(=O)[C@@H](NC(=O)N[C@H](CN1CCc2ccccc2S1(=O)=O)C(C)(C)C)C(C)(C)C)C(=O)O. The van der Waals surface area contributed by atoms with Gasteiger partial charge in [0.1, 0.15) is 40.9 Å². The molecule has 1 unspecified atom stereocenters. The van der Waals surface area contributed by atoms with Gasteiger partial charge in [-0.3, -0.25) is 9.59 Å². The van der Waals surface area contributed by atoms with Crippen LogP contribution in [0.1, 0.15) is 73.8 Å². The van der Waals surface area contributed by atoms with Crippen LogP contribution >= 0.6 is 11.3 Å². The first-order chi connectivity index (χ1) is 31.4. The van der Waals surface area contributed by atoms with Crippen molar-refractivity contribution in [2.75, 3.05) is 32.1 Å². The lowest BCUT2D eigenvalue weighted by Gasteiger charge is -2.39. The second-order valence-electron chi connectivity index (χ2n) is 20.1. The highest BCUT2D eigenvalue weighted by atomic mass is 32.2. The quantitative estimate of drug-likeness (QED) is 0.0859. The molecule has 0 bridgehead atoms. The zero-order chi connectivity index (χ0) is 48.8. The summed E-state index contributed by atoms with van der Waals surface area (Å²) in [6, 6.07) is 10.4. The minimum absolute atomic E-state index is 0.0108. The lowest BCUT2D eigenvalue weighted by molar-refractivity contribution is -0.146. The summed E-state index contributed by atoms with van der Waals surface area (Å²) in [6.45, 7) is 19.0. The van der Waals surface area contributed by atoms with Crippen LogP contribution in [0.5, 0.6) is 11.5 Å². The number of carboxylic acid groups (broad SMARTS) is 1. The fraction of sp³-hybridized carbons (Fsp3) is 0.500. The molecule has 0 spiro atoms. The number of carbonyl (C=O) groups is 4. The molecule has 4 amide bonds. The van der Waals surface area contributed by atoms with Crippen molar-refractivity contribution in [3.05, 3.63) is 72.1 Å². The van der Waals surface area contributed by atoms with Gasteiger partial charge in [-0.25, -0.2) is 28.0 Å². The van der Waals surface area contributed by atoms with Crippen LogP contribution in [0.25, 0.3) is 22.3 Å². The summed E-state index contributed by atoms with van der Waals surface area (Å²) in [7, 11) is -2.29. The molecule has 5 N–H and O–H groups in total. The summed E-state index contributed by atoms with van der Waals surface area (Å²) in [6.07, 6.45) is 1.37. The zero-order valence-corrected chi connectivity index (χ0v) is 41.1. The third-order valence-corrected chi connectivity index (χ3v) is 15.4. The second kappa shape index (κ2) is 18.7. The lowest BCUT2D eigenvalue weighted by Crippen LogP contribution is -2.62. The molecule has 2 aromatic carbocycles. The van der Waals surface area contributed by atoms with Gasteiger partial charge >= 0.3 is 12.0 Å². The molecule has 1 saturated heterocycles. The smallest absolute Gasteiger partial charge is 0.330 e. The van der Waals surface area contributed by atoms with E-state index < -0.39 is 80.4 Å². The monoisotopic (exact) mass is 958 g/mol. The maximum absolute atomic E-state index is 15.1. The number of urea groups is 1. The number of anilines is 1. The Labute approximate surface area is 396 Å². The standard InChI is InChI=1S/C48H62N8O9S2/c1-11-29-23-48(29,43(59)60)54-41(57)36-21-31(65-37-22-34(35-26-66-45(51-35)49-27(2)3)50-33-20-30(64-10)16-17-32(33)37)24-56(36)42(58)40(47(7,8)9)53-44(61)52-39(46(4,5)6)25-55-19-18-28-14-12-13-15-38(28)67(55,62)63/h11-17,20,22,26-27,29,31,36,39-40H,1,18-19,21,23-25H2,2-10H3,(H,49,51)(H,54,57)(H,59,60)(H2,52,53,61)/t29?,31-,36+,39-,40-,48-/m1/s1. The number of benzene rings is 2. The van der Waals surface area contributed by atoms with Crippen LogP contribution < -0.4 is 30.7 Å². The van der Waals surface area contributed by atoms with Gasteiger partial charge in [-0.1, -0.05) is 65.8 Å². The number of sulfonamides is 1. The van der Waals surface area contributed by atoms with Gasteiger partial charge in [0.05, 0.1) is 29.8 Å². The molecule has 2 aliphatic heterocycles. The number of carboxylic acids is 1. The maximum atomic E-state index is 15.1. The van der Waals surface area contributed by atoms with Crippen molar-refractivity contribution in [2.24, 2.45) is 16.7 Å². The topological polar surface area (TPSA) is 221 Å². The Morgan fingerprint density at radius 3 is 2.39 bits per heavy atom. The number of thiazole rings is 1. The molecule has 2 aromatic heterocycles. The van der Waals surface area contributed by atoms with E-state index in [9.17, 15) is 27.9 Å². The molecule has 1 aliphatic carbocycles. The third kappa shape index (κ3) is 10.4. The molecule has 3 aliphatic rings. The summed E-state index contributed by atoms with van der Waals surface area (Å²) in [4.78, 5) is 67.4. The number of pyridine rings is 1. The van der Waals surface area contributed by atoms with E-state index in [1.807, 2.05) is 52.1 Å². The summed E-state index contributed by atoms with van der Waals surface area (Å²) in [5, 5.41) is 25.4. The molecule has 67 heavy (non-hydrogen) atoms. The van der Waals surface area contributed by atoms with E-state index in [0.29, 0.717) is 40.2 Å². The van der Waals surface area contributed by atoms with Gasteiger partial charge in [-0.05, 0) is 61.3 Å². The summed E-state index contributed by atoms with van der Waals surface area (Å²) in [5.41, 5.74) is -0.673. The van der Waals surface area contributed by atoms with Crippen LogP contribution in [0.3, 0.4) is 0 Å². The number of nitrogens with zero attached hydrogens (tertiary/aromatic N) is 4. The first-order valence-electron chi connectivity index (χ1n) is 22.5. The van der Waals surface area contributed by atoms with Crippen LogP contribution in [-0.2, 0) is 30.8 Å². The number of rotatable bonds is 15. The molecule has 2 fully saturated rings. The van der Waals surface area contributed by atoms with E-state index in [1.54, 1.807) is 64.3 Å². The summed E-state index contributed by atoms with van der Waals surface area (Å²) < 4.78 is 41.2. The van der Waals surface area contributed by atoms with Gasteiger partial charge in [0.2, 0.25) is 21.8 Å². The fourth-order valence-electron chi connectivity index (χ4n) is 8.65. The van der Waals surface area contributed by atoms with E-state index in [1.165, 1.54) is 26.6 Å². The molecule has 0 radical (unpaired) electrons. The van der Waals surface area contributed by atoms with Gasteiger partial charge in [0.25, 0.3) is 0 Å². The van der Waals surface area contributed by atoms with Crippen molar-refractivity contribution in [3.63, 3.8) is 0 Å². The lowest BCUT2D eigenvalue weighted by atomic mass is 9.85. The number of carbonyl (C=O) groups excluding carboxylic acids is 3. The van der Waals surface area contributed by atoms with Crippen molar-refractivity contribution < 1.29 is 42.2 Å². The highest BCUT2D eigenvalue weighted by molar-refractivity contribution is 7.89. The molecule has 7 rings (SSSR count). The second-order valence-corrected chi connectivity index (χ2v) is 22.8. The van der Waals surface area contributed by atoms with Crippen molar-refractivity contribution >= 4 is 61.2 Å². The van der Waals surface area contributed by atoms with Gasteiger partial charge in [0.15, 0.2) is 5.13 Å². The summed E-state index contributed by atoms with van der Waals surface area (Å²) in [5.74, 6) is -2.00. The minimum atomic E-state index is -3.85. The van der Waals surface area contributed by atoms with Crippen LogP contribution in [-0.4, -0.2) is 119 Å². The molecule has 360 valence electrons. The maximum Gasteiger partial charge on any atom is 0.330 e. The fourth-order valence-corrected chi connectivity index (χ4v) is 11.2. The number of likely N-dealkylation sites (tertiary alicyclic amines) is 1. The third-order valence-electron chi connectivity index (χ3n) is 12.7. The van der Waals surface area contributed by atoms with Crippen LogP contribution in [0.2, 0.25) is 0 Å². The summed E-state index contributed by atoms with van der Waals surface area (Å²) >= 11 is 1.44. The Morgan fingerprint density at radius 1 is 1.01 bits per heavy atom. The number of hydrogen-bond donors (Lipinski definition) is 5. The molecule has 4 heterocycles. The number of fused-ring (bicyclic) bond motifs is 2. The molecular weight excluding hydrogens is 897 g/mol. The van der Waals surface area contributed by atoms with E-state index in [4.69, 9.17) is 19.4 Å². The average molecular weight is 959 g/mol. The van der Waals surface area contributed by atoms with Crippen LogP contribution in [0, 0.1) is 16.7 Å². The molecule has 4 aromatic rings. The average Bonchev–Trinajstić information content (AvgIpc) is 3.52. The first-order valence-corrected chi connectivity index (χ1v) is 24.8. The van der Waals surface area contributed by atoms with E-state index in [-0.39, 0.29) is 43.4 Å². The van der Waals surface area contributed by atoms with Gasteiger partial charge in [0, 0.05) is 60.4 Å². The van der Waals surface area contributed by atoms with Gasteiger partial charge in [-0.15, -0.1) is 17.9 Å². The van der Waals surface area contributed by atoms with E-state index in [2.05, 4.69) is 27.8 Å². The Bertz CT molecular complexity index is 2680. The number of amides is 4. The zero-order valence-electron chi connectivity index (χ0n) is 39.5. The number of aliphatic carboxylic acids is 1. The van der Waals surface area contributed by atoms with Crippen molar-refractivity contribution in [1.29, 1.82) is 0 Å². The molecular formula is C48H62N8O9S2. The van der Waals surface area contributed by atoms with E-state index >= 15 is 4.79 Å². The highest BCUT2D eigenvalue weighted by Crippen LogP contribution is 2.45. The minimum Gasteiger partial charge on any atom is -0.497 e. The number of hydrogen-bond acceptors (Lipinski definition) is 12. The predicted octanol–water partition coefficient (Wildman–Crippen LogP) is 6.06. The van der Waals surface area contributed by atoms with E-state index in [0.717, 1.165) is 10.7 Å². The number of nitrogens with one attached hydrogen (secondary N) is 4. The predicted molar refractivity (Wildman–Crippen MR) is 257 cm³/mol. The van der Waals surface area contributed by atoms with Crippen molar-refractivity contribution in [1.82, 2.24) is 35.1 Å². The largest absolute Gasteiger partial charge is 0.497 e. The number of methoxy groups -OCH3 is 1.